The lowest BCUT2D eigenvalue weighted by atomic mass is 9.90. The van der Waals surface area contributed by atoms with Crippen molar-refractivity contribution in [1.29, 1.82) is 0 Å². The normalized spacial score (nSPS) is 18.7. The molecule has 1 aliphatic heterocycles. The van der Waals surface area contributed by atoms with Crippen molar-refractivity contribution in [2.75, 3.05) is 13.2 Å². The fraction of sp³-hybridized carbons (Fsp3) is 0.750. The topological polar surface area (TPSA) is 27.1 Å². The third-order valence-corrected chi connectivity index (χ3v) is 3.24. The van der Waals surface area contributed by atoms with E-state index in [9.17, 15) is 0 Å². The van der Waals surface area contributed by atoms with E-state index in [1.54, 1.807) is 0 Å². The van der Waals surface area contributed by atoms with Crippen LogP contribution in [0.1, 0.15) is 49.8 Å². The summed E-state index contributed by atoms with van der Waals surface area (Å²) in [6.07, 6.45) is 4.30. The molecular weight excluding hydrogens is 188 g/mol. The monoisotopic (exact) mass is 208 g/mol. The van der Waals surface area contributed by atoms with Crippen molar-refractivity contribution in [2.24, 2.45) is 7.05 Å². The van der Waals surface area contributed by atoms with E-state index in [4.69, 9.17) is 4.74 Å². The van der Waals surface area contributed by atoms with Gasteiger partial charge in [-0.2, -0.15) is 5.10 Å². The van der Waals surface area contributed by atoms with Gasteiger partial charge in [-0.15, -0.1) is 0 Å². The van der Waals surface area contributed by atoms with E-state index in [0.717, 1.165) is 26.1 Å². The van der Waals surface area contributed by atoms with Gasteiger partial charge in [0.1, 0.15) is 0 Å². The van der Waals surface area contributed by atoms with Crippen molar-refractivity contribution >= 4 is 0 Å². The zero-order valence-corrected chi connectivity index (χ0v) is 9.86. The van der Waals surface area contributed by atoms with E-state index in [-0.39, 0.29) is 0 Å². The molecule has 0 N–H and O–H groups in total. The summed E-state index contributed by atoms with van der Waals surface area (Å²) >= 11 is 0. The van der Waals surface area contributed by atoms with Crippen LogP contribution in [0.3, 0.4) is 0 Å². The first-order valence-corrected chi connectivity index (χ1v) is 5.79. The predicted molar refractivity (Wildman–Crippen MR) is 60.1 cm³/mol. The van der Waals surface area contributed by atoms with Crippen LogP contribution in [0.2, 0.25) is 0 Å². The Balaban J connectivity index is 2.28. The largest absolute Gasteiger partial charge is 0.381 e. The average Bonchev–Trinajstić information content (AvgIpc) is 2.61. The lowest BCUT2D eigenvalue weighted by Crippen LogP contribution is -2.18. The predicted octanol–water partition coefficient (Wildman–Crippen LogP) is 2.44. The molecule has 0 unspecified atom stereocenters. The van der Waals surface area contributed by atoms with Gasteiger partial charge in [-0.3, -0.25) is 4.68 Å². The molecule has 3 heteroatoms. The molecule has 0 aromatic carbocycles. The molecule has 0 radical (unpaired) electrons. The van der Waals surface area contributed by atoms with Crippen molar-refractivity contribution in [2.45, 2.75) is 38.5 Å². The average molecular weight is 208 g/mol. The van der Waals surface area contributed by atoms with Gasteiger partial charge < -0.3 is 4.74 Å². The van der Waals surface area contributed by atoms with Crippen molar-refractivity contribution in [1.82, 2.24) is 9.78 Å². The summed E-state index contributed by atoms with van der Waals surface area (Å²) in [4.78, 5) is 0. The third-order valence-electron chi connectivity index (χ3n) is 3.24. The minimum absolute atomic E-state index is 0.566. The van der Waals surface area contributed by atoms with Crippen LogP contribution in [0.5, 0.6) is 0 Å². The van der Waals surface area contributed by atoms with Gasteiger partial charge in [-0.05, 0) is 24.3 Å². The summed E-state index contributed by atoms with van der Waals surface area (Å²) in [5.74, 6) is 1.21. The second-order valence-corrected chi connectivity index (χ2v) is 4.65. The molecule has 1 aliphatic rings. The Labute approximate surface area is 91.4 Å². The molecule has 0 amide bonds. The van der Waals surface area contributed by atoms with Crippen molar-refractivity contribution < 1.29 is 4.74 Å². The Hall–Kier alpha value is -0.830. The van der Waals surface area contributed by atoms with Gasteiger partial charge in [-0.25, -0.2) is 0 Å². The van der Waals surface area contributed by atoms with Crippen molar-refractivity contribution in [3.05, 3.63) is 17.5 Å². The Morgan fingerprint density at radius 1 is 1.40 bits per heavy atom. The fourth-order valence-electron chi connectivity index (χ4n) is 2.38. The van der Waals surface area contributed by atoms with Gasteiger partial charge >= 0.3 is 0 Å². The summed E-state index contributed by atoms with van der Waals surface area (Å²) in [6, 6.07) is 0. The molecule has 0 spiro atoms. The number of nitrogens with zero attached hydrogens (tertiary/aromatic N) is 2. The smallest absolute Gasteiger partial charge is 0.0527 e. The zero-order chi connectivity index (χ0) is 10.8. The lowest BCUT2D eigenvalue weighted by Gasteiger charge is -2.24. The minimum atomic E-state index is 0.566. The van der Waals surface area contributed by atoms with Gasteiger partial charge in [0.2, 0.25) is 0 Å². The molecule has 1 saturated heterocycles. The summed E-state index contributed by atoms with van der Waals surface area (Å²) in [7, 11) is 2.05. The number of aromatic nitrogens is 2. The van der Waals surface area contributed by atoms with Crippen LogP contribution in [0.25, 0.3) is 0 Å². The van der Waals surface area contributed by atoms with Gasteiger partial charge in [-0.1, -0.05) is 13.8 Å². The van der Waals surface area contributed by atoms with Gasteiger partial charge in [0.25, 0.3) is 0 Å². The standard InChI is InChI=1S/C12H20N2O/c1-9(2)11-8-13-14(3)12(11)10-4-6-15-7-5-10/h8-10H,4-7H2,1-3H3. The number of hydrogen-bond donors (Lipinski definition) is 0. The number of hydrogen-bond acceptors (Lipinski definition) is 2. The maximum atomic E-state index is 5.41. The van der Waals surface area contributed by atoms with Crippen LogP contribution in [0.4, 0.5) is 0 Å². The van der Waals surface area contributed by atoms with Crippen LogP contribution in [-0.2, 0) is 11.8 Å². The van der Waals surface area contributed by atoms with Crippen molar-refractivity contribution in [3.63, 3.8) is 0 Å². The Bertz CT molecular complexity index is 324. The second-order valence-electron chi connectivity index (χ2n) is 4.65. The SMILES string of the molecule is CC(C)c1cnn(C)c1C1CCOCC1. The Morgan fingerprint density at radius 3 is 2.67 bits per heavy atom. The van der Waals surface area contributed by atoms with Gasteiger partial charge in [0, 0.05) is 31.9 Å². The molecule has 1 aromatic heterocycles. The van der Waals surface area contributed by atoms with E-state index in [1.807, 2.05) is 10.9 Å². The van der Waals surface area contributed by atoms with Crippen LogP contribution in [-0.4, -0.2) is 23.0 Å². The van der Waals surface area contributed by atoms with Crippen LogP contribution >= 0.6 is 0 Å². The summed E-state index contributed by atoms with van der Waals surface area (Å²) < 4.78 is 7.46. The summed E-state index contributed by atoms with van der Waals surface area (Å²) in [5, 5.41) is 4.39. The third kappa shape index (κ3) is 2.07. The van der Waals surface area contributed by atoms with Gasteiger partial charge in [0.05, 0.1) is 6.20 Å². The Kier molecular flexibility index (Phi) is 3.10. The number of aryl methyl sites for hydroxylation is 1. The van der Waals surface area contributed by atoms with Gasteiger partial charge in [0.15, 0.2) is 0 Å². The molecule has 2 heterocycles. The van der Waals surface area contributed by atoms with E-state index in [1.165, 1.54) is 11.3 Å². The van der Waals surface area contributed by atoms with Crippen LogP contribution in [0.15, 0.2) is 6.20 Å². The Morgan fingerprint density at radius 2 is 2.07 bits per heavy atom. The summed E-state index contributed by atoms with van der Waals surface area (Å²) in [5.41, 5.74) is 2.83. The molecule has 3 nitrogen and oxygen atoms in total. The minimum Gasteiger partial charge on any atom is -0.381 e. The highest BCUT2D eigenvalue weighted by Gasteiger charge is 2.23. The molecule has 1 aromatic rings. The molecule has 2 rings (SSSR count). The number of rotatable bonds is 2. The molecular formula is C12H20N2O. The number of ether oxygens (including phenoxy) is 1. The first-order valence-electron chi connectivity index (χ1n) is 5.79. The van der Waals surface area contributed by atoms with Crippen LogP contribution in [0, 0.1) is 0 Å². The quantitative estimate of drug-likeness (QED) is 0.746. The lowest BCUT2D eigenvalue weighted by molar-refractivity contribution is 0.0835. The molecule has 84 valence electrons. The maximum Gasteiger partial charge on any atom is 0.0527 e. The van der Waals surface area contributed by atoms with E-state index >= 15 is 0 Å². The molecule has 15 heavy (non-hydrogen) atoms. The molecule has 0 bridgehead atoms. The molecule has 1 fully saturated rings. The van der Waals surface area contributed by atoms with Crippen molar-refractivity contribution in [3.8, 4) is 0 Å². The zero-order valence-electron chi connectivity index (χ0n) is 9.86. The highest BCUT2D eigenvalue weighted by Crippen LogP contribution is 2.32. The van der Waals surface area contributed by atoms with E-state index in [2.05, 4.69) is 26.0 Å². The fourth-order valence-corrected chi connectivity index (χ4v) is 2.38. The molecule has 0 aliphatic carbocycles. The second kappa shape index (κ2) is 4.35. The first-order chi connectivity index (χ1) is 7.20. The maximum absolute atomic E-state index is 5.41. The molecule has 0 saturated carbocycles. The highest BCUT2D eigenvalue weighted by atomic mass is 16.5. The van der Waals surface area contributed by atoms with E-state index < -0.39 is 0 Å². The van der Waals surface area contributed by atoms with Crippen LogP contribution < -0.4 is 0 Å². The first kappa shape index (κ1) is 10.7. The molecule has 0 atom stereocenters. The summed E-state index contributed by atoms with van der Waals surface area (Å²) in [6.45, 7) is 6.26. The van der Waals surface area contributed by atoms with E-state index in [0.29, 0.717) is 11.8 Å². The highest BCUT2D eigenvalue weighted by molar-refractivity contribution is 5.25.